The Morgan fingerprint density at radius 2 is 1.70 bits per heavy atom. The average molecular weight is 444 g/mol. The number of piperazine rings is 1. The van der Waals surface area contributed by atoms with Gasteiger partial charge in [0, 0.05) is 31.7 Å². The van der Waals surface area contributed by atoms with E-state index in [9.17, 15) is 9.59 Å². The molecule has 1 aliphatic heterocycles. The lowest BCUT2D eigenvalue weighted by molar-refractivity contribution is -0.141. The van der Waals surface area contributed by atoms with E-state index < -0.39 is 0 Å². The largest absolute Gasteiger partial charge is 0.352 e. The van der Waals surface area contributed by atoms with Gasteiger partial charge in [0.15, 0.2) is 0 Å². The second-order valence-corrected chi connectivity index (χ2v) is 8.87. The van der Waals surface area contributed by atoms with Gasteiger partial charge in [-0.15, -0.1) is 0 Å². The van der Waals surface area contributed by atoms with E-state index >= 15 is 0 Å². The first kappa shape index (κ1) is 23.0. The molecule has 0 bridgehead atoms. The zero-order valence-corrected chi connectivity index (χ0v) is 19.4. The summed E-state index contributed by atoms with van der Waals surface area (Å²) in [7, 11) is 2.04. The number of nitrogens with zero attached hydrogens (tertiary/aromatic N) is 2. The minimum absolute atomic E-state index is 0.0404. The number of nitrogens with one attached hydrogen (secondary N) is 1. The number of hydrogen-bond acceptors (Lipinski definition) is 3. The molecular formula is C28H33N3O2. The molecule has 0 saturated carbocycles. The first-order valence-electron chi connectivity index (χ1n) is 11.9. The highest BCUT2D eigenvalue weighted by Gasteiger charge is 2.31. The zero-order valence-electron chi connectivity index (χ0n) is 19.4. The molecule has 1 atom stereocenters. The number of amides is 2. The van der Waals surface area contributed by atoms with E-state index in [2.05, 4.69) is 52.7 Å². The van der Waals surface area contributed by atoms with Gasteiger partial charge in [0.05, 0.1) is 6.04 Å². The minimum Gasteiger partial charge on any atom is -0.352 e. The van der Waals surface area contributed by atoms with Crippen molar-refractivity contribution in [1.82, 2.24) is 15.1 Å². The van der Waals surface area contributed by atoms with Crippen LogP contribution < -0.4 is 5.32 Å². The zero-order chi connectivity index (χ0) is 23.0. The Morgan fingerprint density at radius 1 is 0.939 bits per heavy atom. The maximum Gasteiger partial charge on any atom is 0.251 e. The molecule has 5 nitrogen and oxygen atoms in total. The van der Waals surface area contributed by atoms with Gasteiger partial charge in [-0.2, -0.15) is 0 Å². The summed E-state index contributed by atoms with van der Waals surface area (Å²) in [6.07, 6.45) is 3.48. The van der Waals surface area contributed by atoms with Gasteiger partial charge < -0.3 is 10.2 Å². The van der Waals surface area contributed by atoms with Crippen LogP contribution in [0.2, 0.25) is 0 Å². The summed E-state index contributed by atoms with van der Waals surface area (Å²) in [4.78, 5) is 29.5. The average Bonchev–Trinajstić information content (AvgIpc) is 2.85. The van der Waals surface area contributed by atoms with Crippen molar-refractivity contribution in [3.63, 3.8) is 0 Å². The lowest BCUT2D eigenvalue weighted by atomic mass is 10.0. The Labute approximate surface area is 196 Å². The van der Waals surface area contributed by atoms with Crippen LogP contribution in [0.4, 0.5) is 0 Å². The predicted molar refractivity (Wildman–Crippen MR) is 133 cm³/mol. The summed E-state index contributed by atoms with van der Waals surface area (Å²) in [6, 6.07) is 24.1. The molecule has 3 aromatic carbocycles. The molecule has 1 aliphatic rings. The molecule has 1 saturated heterocycles. The molecule has 2 amide bonds. The molecule has 1 N–H and O–H groups in total. The number of carbonyl (C=O) groups is 2. The fraction of sp³-hybridized carbons (Fsp3) is 0.357. The summed E-state index contributed by atoms with van der Waals surface area (Å²) in [6.45, 7) is 3.07. The monoisotopic (exact) mass is 443 g/mol. The highest BCUT2D eigenvalue weighted by molar-refractivity contribution is 5.94. The third-order valence-corrected chi connectivity index (χ3v) is 6.56. The van der Waals surface area contributed by atoms with Crippen LogP contribution in [0, 0.1) is 0 Å². The van der Waals surface area contributed by atoms with Crippen LogP contribution in [0.15, 0.2) is 72.8 Å². The molecule has 0 unspecified atom stereocenters. The highest BCUT2D eigenvalue weighted by Crippen LogP contribution is 2.19. The number of benzene rings is 3. The molecular weight excluding hydrogens is 410 g/mol. The summed E-state index contributed by atoms with van der Waals surface area (Å²) in [5, 5.41) is 5.47. The van der Waals surface area contributed by atoms with Crippen molar-refractivity contribution in [2.45, 2.75) is 31.7 Å². The number of hydrogen-bond donors (Lipinski definition) is 1. The standard InChI is InChI=1S/C28H33N3O2/c1-30-19-20-31(18-16-22-14-15-23-9-5-6-12-25(23)21-22)28(33)26(30)13-7-8-17-29-27(32)24-10-3-2-4-11-24/h2-6,9-12,14-15,21,26H,7-8,13,16-20H2,1H3,(H,29,32)/t26-/m0/s1. The Balaban J connectivity index is 1.23. The summed E-state index contributed by atoms with van der Waals surface area (Å²) < 4.78 is 0. The van der Waals surface area contributed by atoms with Gasteiger partial charge in [-0.25, -0.2) is 0 Å². The fourth-order valence-corrected chi connectivity index (χ4v) is 4.52. The molecule has 33 heavy (non-hydrogen) atoms. The van der Waals surface area contributed by atoms with Gasteiger partial charge in [-0.1, -0.05) is 60.7 Å². The van der Waals surface area contributed by atoms with Crippen LogP contribution in [-0.4, -0.2) is 60.9 Å². The maximum atomic E-state index is 13.1. The molecule has 5 heteroatoms. The van der Waals surface area contributed by atoms with E-state index in [1.807, 2.05) is 42.3 Å². The van der Waals surface area contributed by atoms with Crippen LogP contribution in [0.5, 0.6) is 0 Å². The number of rotatable bonds is 9. The third kappa shape index (κ3) is 5.99. The number of unbranched alkanes of at least 4 members (excludes halogenated alkanes) is 1. The predicted octanol–water partition coefficient (Wildman–Crippen LogP) is 4.13. The Kier molecular flexibility index (Phi) is 7.74. The van der Waals surface area contributed by atoms with Crippen molar-refractivity contribution in [3.05, 3.63) is 83.9 Å². The molecule has 3 aromatic rings. The first-order valence-corrected chi connectivity index (χ1v) is 11.9. The summed E-state index contributed by atoms with van der Waals surface area (Å²) in [5.41, 5.74) is 1.95. The number of fused-ring (bicyclic) bond motifs is 1. The van der Waals surface area contributed by atoms with Crippen molar-refractivity contribution in [3.8, 4) is 0 Å². The van der Waals surface area contributed by atoms with Crippen molar-refractivity contribution in [2.24, 2.45) is 0 Å². The topological polar surface area (TPSA) is 52.6 Å². The van der Waals surface area contributed by atoms with Crippen LogP contribution in [0.1, 0.15) is 35.2 Å². The van der Waals surface area contributed by atoms with Gasteiger partial charge in [0.25, 0.3) is 5.91 Å². The van der Waals surface area contributed by atoms with E-state index in [0.717, 1.165) is 45.3 Å². The molecule has 0 radical (unpaired) electrons. The van der Waals surface area contributed by atoms with Crippen molar-refractivity contribution < 1.29 is 9.59 Å². The van der Waals surface area contributed by atoms with E-state index in [1.165, 1.54) is 16.3 Å². The van der Waals surface area contributed by atoms with Gasteiger partial charge in [-0.05, 0) is 61.2 Å². The lowest BCUT2D eigenvalue weighted by Gasteiger charge is -2.39. The highest BCUT2D eigenvalue weighted by atomic mass is 16.2. The van der Waals surface area contributed by atoms with Crippen molar-refractivity contribution in [2.75, 3.05) is 33.2 Å². The Morgan fingerprint density at radius 3 is 2.52 bits per heavy atom. The molecule has 1 fully saturated rings. The minimum atomic E-state index is -0.0693. The van der Waals surface area contributed by atoms with Crippen LogP contribution >= 0.6 is 0 Å². The van der Waals surface area contributed by atoms with Gasteiger partial charge in [-0.3, -0.25) is 14.5 Å². The van der Waals surface area contributed by atoms with Crippen LogP contribution in [-0.2, 0) is 11.2 Å². The van der Waals surface area contributed by atoms with Crippen molar-refractivity contribution >= 4 is 22.6 Å². The van der Waals surface area contributed by atoms with Crippen LogP contribution in [0.3, 0.4) is 0 Å². The smallest absolute Gasteiger partial charge is 0.251 e. The SMILES string of the molecule is CN1CCN(CCc2ccc3ccccc3c2)C(=O)[C@@H]1CCCCNC(=O)c1ccccc1. The fourth-order valence-electron chi connectivity index (χ4n) is 4.52. The second kappa shape index (κ2) is 11.1. The quantitative estimate of drug-likeness (QED) is 0.506. The van der Waals surface area contributed by atoms with E-state index in [4.69, 9.17) is 0 Å². The molecule has 172 valence electrons. The van der Waals surface area contributed by atoms with Crippen molar-refractivity contribution in [1.29, 1.82) is 0 Å². The summed E-state index contributed by atoms with van der Waals surface area (Å²) >= 11 is 0. The Bertz CT molecular complexity index is 1080. The molecule has 1 heterocycles. The van der Waals surface area contributed by atoms with E-state index in [1.54, 1.807) is 0 Å². The Hall–Kier alpha value is -3.18. The molecule has 4 rings (SSSR count). The molecule has 0 aliphatic carbocycles. The van der Waals surface area contributed by atoms with Gasteiger partial charge in [0.1, 0.15) is 0 Å². The maximum absolute atomic E-state index is 13.1. The third-order valence-electron chi connectivity index (χ3n) is 6.56. The van der Waals surface area contributed by atoms with Gasteiger partial charge >= 0.3 is 0 Å². The molecule has 0 aromatic heterocycles. The van der Waals surface area contributed by atoms with Crippen LogP contribution in [0.25, 0.3) is 10.8 Å². The molecule has 0 spiro atoms. The number of likely N-dealkylation sites (N-methyl/N-ethyl adjacent to an activating group) is 1. The summed E-state index contributed by atoms with van der Waals surface area (Å²) in [5.74, 6) is 0.194. The second-order valence-electron chi connectivity index (χ2n) is 8.87. The normalized spacial score (nSPS) is 16.8. The lowest BCUT2D eigenvalue weighted by Crippen LogP contribution is -2.55. The van der Waals surface area contributed by atoms with E-state index in [-0.39, 0.29) is 17.9 Å². The number of carbonyl (C=O) groups excluding carboxylic acids is 2. The van der Waals surface area contributed by atoms with E-state index in [0.29, 0.717) is 12.1 Å². The first-order chi connectivity index (χ1) is 16.1. The van der Waals surface area contributed by atoms with Gasteiger partial charge in [0.2, 0.25) is 5.91 Å².